The highest BCUT2D eigenvalue weighted by molar-refractivity contribution is 9.10. The zero-order valence-corrected chi connectivity index (χ0v) is 17.1. The average Bonchev–Trinajstić information content (AvgIpc) is 2.74. The number of ketones is 1. The number of aromatic amines is 1. The van der Waals surface area contributed by atoms with Gasteiger partial charge in [0, 0.05) is 34.8 Å². The van der Waals surface area contributed by atoms with Crippen LogP contribution in [0.2, 0.25) is 0 Å². The zero-order chi connectivity index (χ0) is 21.3. The Kier molecular flexibility index (Phi) is 5.29. The average molecular weight is 463 g/mol. The minimum atomic E-state index is -1.22. The van der Waals surface area contributed by atoms with Gasteiger partial charge in [0.15, 0.2) is 5.78 Å². The van der Waals surface area contributed by atoms with Crippen molar-refractivity contribution in [1.82, 2.24) is 9.97 Å². The van der Waals surface area contributed by atoms with Gasteiger partial charge in [-0.05, 0) is 51.8 Å². The summed E-state index contributed by atoms with van der Waals surface area (Å²) < 4.78 is 0.726. The molecule has 4 rings (SSSR count). The summed E-state index contributed by atoms with van der Waals surface area (Å²) in [7, 11) is 0. The van der Waals surface area contributed by atoms with E-state index in [9.17, 15) is 19.5 Å². The number of H-pyrrole nitrogens is 1. The summed E-state index contributed by atoms with van der Waals surface area (Å²) in [4.78, 5) is 44.8. The van der Waals surface area contributed by atoms with Crippen LogP contribution in [0.25, 0.3) is 10.9 Å². The van der Waals surface area contributed by atoms with Gasteiger partial charge in [-0.2, -0.15) is 0 Å². The van der Waals surface area contributed by atoms with Crippen LogP contribution in [-0.2, 0) is 6.42 Å². The van der Waals surface area contributed by atoms with Crippen LogP contribution in [0.3, 0.4) is 0 Å². The van der Waals surface area contributed by atoms with Crippen molar-refractivity contribution in [3.8, 4) is 0 Å². The van der Waals surface area contributed by atoms with Gasteiger partial charge in [0.1, 0.15) is 4.60 Å². The van der Waals surface area contributed by atoms with Gasteiger partial charge in [0.25, 0.3) is 0 Å². The standard InChI is InChI=1S/C23H15BrN2O4/c24-20-7-3-4-14(26-20)10-13-8-9-19-17(11-13)22(28)18(12-25-19)21(27)15-5-1-2-6-16(15)23(29)30/h1-9,11-12H,10H2,(H,25,28)(H,29,30). The van der Waals surface area contributed by atoms with Crippen LogP contribution in [0, 0.1) is 0 Å². The number of carboxylic acids is 1. The van der Waals surface area contributed by atoms with E-state index in [2.05, 4.69) is 25.9 Å². The van der Waals surface area contributed by atoms with Gasteiger partial charge in [0.05, 0.1) is 11.1 Å². The van der Waals surface area contributed by atoms with E-state index < -0.39 is 17.2 Å². The molecule has 0 saturated carbocycles. The molecule has 0 saturated heterocycles. The summed E-state index contributed by atoms with van der Waals surface area (Å²) in [6, 6.07) is 16.9. The molecular formula is C23H15BrN2O4. The second-order valence-corrected chi connectivity index (χ2v) is 7.53. The zero-order valence-electron chi connectivity index (χ0n) is 15.6. The van der Waals surface area contributed by atoms with Crippen LogP contribution in [0.4, 0.5) is 0 Å². The molecule has 4 aromatic rings. The monoisotopic (exact) mass is 462 g/mol. The smallest absolute Gasteiger partial charge is 0.336 e. The van der Waals surface area contributed by atoms with Crippen LogP contribution in [-0.4, -0.2) is 26.8 Å². The summed E-state index contributed by atoms with van der Waals surface area (Å²) in [5.41, 5.74) is 1.58. The molecule has 0 fully saturated rings. The molecule has 6 nitrogen and oxygen atoms in total. The molecule has 0 atom stereocenters. The Hall–Kier alpha value is -3.58. The van der Waals surface area contributed by atoms with Crippen molar-refractivity contribution in [2.75, 3.05) is 0 Å². The van der Waals surface area contributed by atoms with Crippen LogP contribution in [0.5, 0.6) is 0 Å². The van der Waals surface area contributed by atoms with Gasteiger partial charge in [0.2, 0.25) is 5.43 Å². The molecule has 0 unspecified atom stereocenters. The number of hydrogen-bond acceptors (Lipinski definition) is 4. The lowest BCUT2D eigenvalue weighted by atomic mass is 9.97. The van der Waals surface area contributed by atoms with Crippen LogP contribution in [0.15, 0.2) is 76.3 Å². The lowest BCUT2D eigenvalue weighted by Gasteiger charge is -2.07. The highest BCUT2D eigenvalue weighted by Crippen LogP contribution is 2.18. The molecule has 0 aliphatic rings. The van der Waals surface area contributed by atoms with E-state index in [1.165, 1.54) is 24.4 Å². The van der Waals surface area contributed by atoms with Crippen molar-refractivity contribution in [3.05, 3.63) is 110 Å². The molecule has 148 valence electrons. The number of nitrogens with one attached hydrogen (secondary N) is 1. The second kappa shape index (κ2) is 8.04. The second-order valence-electron chi connectivity index (χ2n) is 6.72. The summed E-state index contributed by atoms with van der Waals surface area (Å²) in [6.45, 7) is 0. The normalized spacial score (nSPS) is 10.8. The number of carbonyl (C=O) groups excluding carboxylic acids is 1. The number of carboxylic acid groups (broad SMARTS) is 1. The van der Waals surface area contributed by atoms with Crippen molar-refractivity contribution in [2.24, 2.45) is 0 Å². The summed E-state index contributed by atoms with van der Waals surface area (Å²) in [5, 5.41) is 9.71. The Bertz CT molecular complexity index is 1360. The largest absolute Gasteiger partial charge is 0.478 e. The molecule has 0 aliphatic heterocycles. The highest BCUT2D eigenvalue weighted by Gasteiger charge is 2.20. The maximum atomic E-state index is 13.1. The van der Waals surface area contributed by atoms with Gasteiger partial charge < -0.3 is 10.1 Å². The fourth-order valence-corrected chi connectivity index (χ4v) is 3.70. The molecule has 7 heteroatoms. The number of nitrogens with zero attached hydrogens (tertiary/aromatic N) is 1. The Morgan fingerprint density at radius 2 is 1.73 bits per heavy atom. The van der Waals surface area contributed by atoms with Crippen molar-refractivity contribution in [3.63, 3.8) is 0 Å². The predicted molar refractivity (Wildman–Crippen MR) is 116 cm³/mol. The fraction of sp³-hybridized carbons (Fsp3) is 0.0435. The van der Waals surface area contributed by atoms with Crippen LogP contribution in [0.1, 0.15) is 37.5 Å². The van der Waals surface area contributed by atoms with E-state index in [1.54, 1.807) is 18.2 Å². The Morgan fingerprint density at radius 3 is 2.47 bits per heavy atom. The van der Waals surface area contributed by atoms with E-state index in [1.807, 2.05) is 24.3 Å². The molecule has 2 aromatic carbocycles. The van der Waals surface area contributed by atoms with Gasteiger partial charge in [-0.15, -0.1) is 0 Å². The predicted octanol–water partition coefficient (Wildman–Crippen LogP) is 4.21. The van der Waals surface area contributed by atoms with Crippen molar-refractivity contribution in [2.45, 2.75) is 6.42 Å². The van der Waals surface area contributed by atoms with Gasteiger partial charge in [-0.25, -0.2) is 9.78 Å². The van der Waals surface area contributed by atoms with Gasteiger partial charge >= 0.3 is 5.97 Å². The fourth-order valence-electron chi connectivity index (χ4n) is 3.31. The number of benzene rings is 2. The quantitative estimate of drug-likeness (QED) is 0.341. The molecule has 2 heterocycles. The molecule has 30 heavy (non-hydrogen) atoms. The third kappa shape index (κ3) is 3.79. The molecule has 0 spiro atoms. The first-order valence-electron chi connectivity index (χ1n) is 9.07. The number of aromatic nitrogens is 2. The number of rotatable bonds is 5. The number of aromatic carboxylic acids is 1. The van der Waals surface area contributed by atoms with E-state index in [4.69, 9.17) is 0 Å². The van der Waals surface area contributed by atoms with Crippen molar-refractivity contribution in [1.29, 1.82) is 0 Å². The Labute approximate surface area is 179 Å². The third-order valence-electron chi connectivity index (χ3n) is 4.75. The number of fused-ring (bicyclic) bond motifs is 1. The van der Waals surface area contributed by atoms with E-state index in [0.717, 1.165) is 15.9 Å². The lowest BCUT2D eigenvalue weighted by Crippen LogP contribution is -2.19. The SMILES string of the molecule is O=C(O)c1ccccc1C(=O)c1c[nH]c2ccc(Cc3cccc(Br)n3)cc2c1=O. The first-order valence-corrected chi connectivity index (χ1v) is 9.86. The first-order chi connectivity index (χ1) is 14.4. The highest BCUT2D eigenvalue weighted by atomic mass is 79.9. The van der Waals surface area contributed by atoms with Gasteiger partial charge in [-0.3, -0.25) is 9.59 Å². The van der Waals surface area contributed by atoms with E-state index in [0.29, 0.717) is 17.3 Å². The summed E-state index contributed by atoms with van der Waals surface area (Å²) in [6.07, 6.45) is 1.86. The van der Waals surface area contributed by atoms with Crippen molar-refractivity contribution >= 4 is 38.6 Å². The third-order valence-corrected chi connectivity index (χ3v) is 5.19. The molecule has 0 radical (unpaired) electrons. The first kappa shape index (κ1) is 19.7. The Morgan fingerprint density at radius 1 is 0.967 bits per heavy atom. The number of halogens is 1. The number of carbonyl (C=O) groups is 2. The molecular weight excluding hydrogens is 448 g/mol. The van der Waals surface area contributed by atoms with Gasteiger partial charge in [-0.1, -0.05) is 30.3 Å². The maximum absolute atomic E-state index is 13.1. The Balaban J connectivity index is 1.77. The van der Waals surface area contributed by atoms with Crippen LogP contribution >= 0.6 is 15.9 Å². The lowest BCUT2D eigenvalue weighted by molar-refractivity contribution is 0.0692. The van der Waals surface area contributed by atoms with E-state index >= 15 is 0 Å². The molecule has 2 aromatic heterocycles. The van der Waals surface area contributed by atoms with Crippen molar-refractivity contribution < 1.29 is 14.7 Å². The summed E-state index contributed by atoms with van der Waals surface area (Å²) >= 11 is 3.35. The molecule has 0 bridgehead atoms. The van der Waals surface area contributed by atoms with Crippen LogP contribution < -0.4 is 5.43 Å². The number of pyridine rings is 2. The topological polar surface area (TPSA) is 100 Å². The molecule has 0 aliphatic carbocycles. The molecule has 0 amide bonds. The number of hydrogen-bond donors (Lipinski definition) is 2. The molecule has 2 N–H and O–H groups in total. The minimum Gasteiger partial charge on any atom is -0.478 e. The van der Waals surface area contributed by atoms with E-state index in [-0.39, 0.29) is 16.7 Å². The maximum Gasteiger partial charge on any atom is 0.336 e. The summed E-state index contributed by atoms with van der Waals surface area (Å²) in [5.74, 6) is -1.85. The minimum absolute atomic E-state index is 0.0238.